The molecule has 9 aromatic carbocycles. The Hall–Kier alpha value is -7.62. The summed E-state index contributed by atoms with van der Waals surface area (Å²) in [5.74, 6) is 0. The van der Waals surface area contributed by atoms with Gasteiger partial charge in [0, 0.05) is 49.9 Å². The highest BCUT2D eigenvalue weighted by Gasteiger charge is 2.18. The van der Waals surface area contributed by atoms with Crippen molar-refractivity contribution in [3.63, 3.8) is 0 Å². The maximum Gasteiger partial charge on any atom is 0.143 e. The van der Waals surface area contributed by atoms with Crippen molar-refractivity contribution in [2.45, 2.75) is 0 Å². The van der Waals surface area contributed by atoms with Crippen LogP contribution in [0.2, 0.25) is 0 Å². The molecule has 0 saturated carbocycles. The molecular weight excluding hydrogens is 693 g/mol. The SMILES string of the molecule is c1ccc(-c2ccc(N(c3ccc(-c4ccc5c(c4)c4ccccc4n5-c4ccccc4)cc3)c3cccc(-c4cccc5c4oc4ccccc45)c3)cc2)cc1. The van der Waals surface area contributed by atoms with Crippen LogP contribution in [0.15, 0.2) is 223 Å². The second-order valence-electron chi connectivity index (χ2n) is 14.5. The van der Waals surface area contributed by atoms with Gasteiger partial charge in [0.15, 0.2) is 0 Å². The molecule has 0 saturated heterocycles. The number of benzene rings is 9. The fraction of sp³-hybridized carbons (Fsp3) is 0. The van der Waals surface area contributed by atoms with Crippen LogP contribution in [0.4, 0.5) is 17.1 Å². The third-order valence-corrected chi connectivity index (χ3v) is 11.2. The van der Waals surface area contributed by atoms with Gasteiger partial charge in [0.1, 0.15) is 11.2 Å². The number of fused-ring (bicyclic) bond motifs is 6. The minimum atomic E-state index is 0.900. The maximum absolute atomic E-state index is 6.48. The van der Waals surface area contributed by atoms with Crippen molar-refractivity contribution in [1.82, 2.24) is 4.57 Å². The molecule has 11 aromatic rings. The van der Waals surface area contributed by atoms with Crippen LogP contribution in [-0.2, 0) is 0 Å². The molecule has 11 rings (SSSR count). The van der Waals surface area contributed by atoms with E-state index in [2.05, 4.69) is 216 Å². The zero-order valence-corrected chi connectivity index (χ0v) is 31.1. The van der Waals surface area contributed by atoms with Gasteiger partial charge in [0.25, 0.3) is 0 Å². The second-order valence-corrected chi connectivity index (χ2v) is 14.5. The largest absolute Gasteiger partial charge is 0.455 e. The number of hydrogen-bond donors (Lipinski definition) is 0. The Labute approximate surface area is 330 Å². The van der Waals surface area contributed by atoms with E-state index in [1.54, 1.807) is 0 Å². The van der Waals surface area contributed by atoms with Crippen LogP contribution >= 0.6 is 0 Å². The molecule has 57 heavy (non-hydrogen) atoms. The molecular formula is C54H36N2O. The van der Waals surface area contributed by atoms with E-state index >= 15 is 0 Å². The van der Waals surface area contributed by atoms with Crippen LogP contribution in [-0.4, -0.2) is 4.57 Å². The summed E-state index contributed by atoms with van der Waals surface area (Å²) in [5, 5.41) is 4.75. The Morgan fingerprint density at radius 2 is 0.895 bits per heavy atom. The number of aromatic nitrogens is 1. The average molecular weight is 729 g/mol. The van der Waals surface area contributed by atoms with Gasteiger partial charge < -0.3 is 13.9 Å². The van der Waals surface area contributed by atoms with Gasteiger partial charge >= 0.3 is 0 Å². The zero-order valence-electron chi connectivity index (χ0n) is 31.1. The van der Waals surface area contributed by atoms with E-state index in [1.807, 2.05) is 12.1 Å². The number of furan rings is 1. The molecule has 0 radical (unpaired) electrons. The summed E-state index contributed by atoms with van der Waals surface area (Å²) in [4.78, 5) is 2.34. The van der Waals surface area contributed by atoms with E-state index in [0.717, 1.165) is 55.8 Å². The molecule has 0 atom stereocenters. The Balaban J connectivity index is 1.01. The standard InChI is InChI=1S/C54H36N2O/c1-3-13-37(14-4-1)38-25-30-43(31-26-38)55(45-18-11-15-41(35-45)46-21-12-22-49-48-20-8-10-24-53(48)57-54(46)49)44-32-27-39(28-33-44)40-29-34-52-50(36-40)47-19-7-9-23-51(47)56(52)42-16-5-2-6-17-42/h1-36H. The van der Waals surface area contributed by atoms with E-state index in [-0.39, 0.29) is 0 Å². The van der Waals surface area contributed by atoms with Gasteiger partial charge in [0.2, 0.25) is 0 Å². The summed E-state index contributed by atoms with van der Waals surface area (Å²) >= 11 is 0. The van der Waals surface area contributed by atoms with Crippen molar-refractivity contribution >= 4 is 60.8 Å². The predicted molar refractivity (Wildman–Crippen MR) is 239 cm³/mol. The monoisotopic (exact) mass is 728 g/mol. The lowest BCUT2D eigenvalue weighted by Crippen LogP contribution is -2.10. The van der Waals surface area contributed by atoms with Gasteiger partial charge in [-0.2, -0.15) is 0 Å². The summed E-state index contributed by atoms with van der Waals surface area (Å²) < 4.78 is 8.84. The van der Waals surface area contributed by atoms with Gasteiger partial charge in [-0.25, -0.2) is 0 Å². The third-order valence-electron chi connectivity index (χ3n) is 11.2. The quantitative estimate of drug-likeness (QED) is 0.163. The first kappa shape index (κ1) is 32.8. The molecule has 268 valence electrons. The fourth-order valence-electron chi connectivity index (χ4n) is 8.48. The average Bonchev–Trinajstić information content (AvgIpc) is 3.83. The highest BCUT2D eigenvalue weighted by molar-refractivity contribution is 6.11. The zero-order chi connectivity index (χ0) is 37.7. The smallest absolute Gasteiger partial charge is 0.143 e. The molecule has 0 bridgehead atoms. The van der Waals surface area contributed by atoms with Crippen LogP contribution in [0.3, 0.4) is 0 Å². The van der Waals surface area contributed by atoms with Crippen molar-refractivity contribution in [2.75, 3.05) is 4.90 Å². The van der Waals surface area contributed by atoms with Gasteiger partial charge in [-0.1, -0.05) is 146 Å². The predicted octanol–water partition coefficient (Wildman–Crippen LogP) is 15.2. The lowest BCUT2D eigenvalue weighted by atomic mass is 10.0. The lowest BCUT2D eigenvalue weighted by Gasteiger charge is -2.26. The molecule has 0 aliphatic heterocycles. The Morgan fingerprint density at radius 3 is 1.67 bits per heavy atom. The lowest BCUT2D eigenvalue weighted by molar-refractivity contribution is 0.670. The molecule has 0 aliphatic carbocycles. The summed E-state index contributed by atoms with van der Waals surface area (Å²) in [7, 11) is 0. The molecule has 0 unspecified atom stereocenters. The van der Waals surface area contributed by atoms with E-state index < -0.39 is 0 Å². The van der Waals surface area contributed by atoms with Crippen LogP contribution < -0.4 is 4.90 Å². The first-order chi connectivity index (χ1) is 28.3. The molecule has 2 heterocycles. The molecule has 0 fully saturated rings. The Bertz CT molecular complexity index is 3210. The summed E-state index contributed by atoms with van der Waals surface area (Å²) in [6, 6.07) is 78.1. The first-order valence-corrected chi connectivity index (χ1v) is 19.4. The number of nitrogens with zero attached hydrogens (tertiary/aromatic N) is 2. The molecule has 2 aromatic heterocycles. The van der Waals surface area contributed by atoms with Crippen molar-refractivity contribution in [1.29, 1.82) is 0 Å². The van der Waals surface area contributed by atoms with Crippen LogP contribution in [0.5, 0.6) is 0 Å². The van der Waals surface area contributed by atoms with Gasteiger partial charge in [-0.05, 0) is 101 Å². The van der Waals surface area contributed by atoms with Crippen molar-refractivity contribution in [3.05, 3.63) is 218 Å². The third kappa shape index (κ3) is 5.68. The van der Waals surface area contributed by atoms with Gasteiger partial charge in [-0.15, -0.1) is 0 Å². The molecule has 0 N–H and O–H groups in total. The topological polar surface area (TPSA) is 21.3 Å². The van der Waals surface area contributed by atoms with Crippen molar-refractivity contribution in [3.8, 4) is 39.1 Å². The maximum atomic E-state index is 6.48. The molecule has 3 nitrogen and oxygen atoms in total. The number of hydrogen-bond acceptors (Lipinski definition) is 2. The normalized spacial score (nSPS) is 11.5. The Kier molecular flexibility index (Phi) is 7.82. The van der Waals surface area contributed by atoms with E-state index in [4.69, 9.17) is 4.42 Å². The molecule has 0 spiro atoms. The fourth-order valence-corrected chi connectivity index (χ4v) is 8.48. The van der Waals surface area contributed by atoms with Crippen LogP contribution in [0, 0.1) is 0 Å². The van der Waals surface area contributed by atoms with Gasteiger partial charge in [-0.3, -0.25) is 0 Å². The van der Waals surface area contributed by atoms with E-state index in [0.29, 0.717) is 0 Å². The minimum absolute atomic E-state index is 0.900. The van der Waals surface area contributed by atoms with E-state index in [1.165, 1.54) is 44.1 Å². The summed E-state index contributed by atoms with van der Waals surface area (Å²) in [5.41, 5.74) is 15.5. The number of anilines is 3. The molecule has 0 amide bonds. The first-order valence-electron chi connectivity index (χ1n) is 19.4. The van der Waals surface area contributed by atoms with Crippen molar-refractivity contribution in [2.24, 2.45) is 0 Å². The number of rotatable bonds is 7. The Morgan fingerprint density at radius 1 is 0.333 bits per heavy atom. The van der Waals surface area contributed by atoms with Crippen LogP contribution in [0.1, 0.15) is 0 Å². The second kappa shape index (κ2) is 13.6. The minimum Gasteiger partial charge on any atom is -0.455 e. The highest BCUT2D eigenvalue weighted by Crippen LogP contribution is 2.41. The van der Waals surface area contributed by atoms with E-state index in [9.17, 15) is 0 Å². The summed E-state index contributed by atoms with van der Waals surface area (Å²) in [6.45, 7) is 0. The highest BCUT2D eigenvalue weighted by atomic mass is 16.3. The van der Waals surface area contributed by atoms with Crippen LogP contribution in [0.25, 0.3) is 82.8 Å². The van der Waals surface area contributed by atoms with Crippen molar-refractivity contribution < 1.29 is 4.42 Å². The summed E-state index contributed by atoms with van der Waals surface area (Å²) in [6.07, 6.45) is 0. The molecule has 3 heteroatoms. The van der Waals surface area contributed by atoms with Gasteiger partial charge in [0.05, 0.1) is 11.0 Å². The number of para-hydroxylation sites is 4. The molecule has 0 aliphatic rings.